The average molecular weight is 362 g/mol. The molecule has 3 rings (SSSR count). The average Bonchev–Trinajstić information content (AvgIpc) is 2.48. The van der Waals surface area contributed by atoms with Crippen LogP contribution in [0.3, 0.4) is 0 Å². The van der Waals surface area contributed by atoms with Gasteiger partial charge in [-0.1, -0.05) is 34.8 Å². The number of hydrogen-bond donors (Lipinski definition) is 3. The van der Waals surface area contributed by atoms with Crippen molar-refractivity contribution in [1.29, 1.82) is 0 Å². The van der Waals surface area contributed by atoms with Gasteiger partial charge in [0, 0.05) is 6.07 Å². The van der Waals surface area contributed by atoms with Crippen LogP contribution < -0.4 is 5.43 Å². The third kappa shape index (κ3) is 1.83. The molecule has 0 atom stereocenters. The van der Waals surface area contributed by atoms with Gasteiger partial charge in [0.05, 0.1) is 10.4 Å². The minimum atomic E-state index is -0.628. The molecule has 3 N–H and O–H groups in total. The fourth-order valence-corrected chi connectivity index (χ4v) is 2.90. The van der Waals surface area contributed by atoms with E-state index in [4.69, 9.17) is 39.2 Å². The molecule has 114 valence electrons. The van der Waals surface area contributed by atoms with E-state index in [1.165, 1.54) is 6.92 Å². The molecule has 0 fully saturated rings. The minimum absolute atomic E-state index is 0.0114. The summed E-state index contributed by atoms with van der Waals surface area (Å²) in [7, 11) is 0. The van der Waals surface area contributed by atoms with Crippen molar-refractivity contribution >= 4 is 56.7 Å². The molecular weight excluding hydrogens is 355 g/mol. The number of hydrogen-bond acceptors (Lipinski definition) is 5. The molecule has 8 heteroatoms. The van der Waals surface area contributed by atoms with E-state index in [0.717, 1.165) is 6.07 Å². The summed E-state index contributed by atoms with van der Waals surface area (Å²) in [5, 5.41) is 28.6. The number of phenols is 3. The van der Waals surface area contributed by atoms with E-state index >= 15 is 0 Å². The quantitative estimate of drug-likeness (QED) is 0.518. The second-order valence-corrected chi connectivity index (χ2v) is 5.80. The normalized spacial score (nSPS) is 11.5. The molecule has 1 aromatic heterocycles. The van der Waals surface area contributed by atoms with Gasteiger partial charge in [0.2, 0.25) is 5.43 Å². The maximum atomic E-state index is 12.6. The highest BCUT2D eigenvalue weighted by Gasteiger charge is 2.23. The molecule has 0 radical (unpaired) electrons. The Bertz CT molecular complexity index is 1020. The summed E-state index contributed by atoms with van der Waals surface area (Å²) in [4.78, 5) is 12.6. The van der Waals surface area contributed by atoms with Crippen LogP contribution in [0.5, 0.6) is 17.2 Å². The van der Waals surface area contributed by atoms with Crippen molar-refractivity contribution in [3.8, 4) is 17.2 Å². The number of fused-ring (bicyclic) bond motifs is 2. The highest BCUT2D eigenvalue weighted by Crippen LogP contribution is 2.44. The molecule has 0 amide bonds. The van der Waals surface area contributed by atoms with E-state index in [2.05, 4.69) is 0 Å². The van der Waals surface area contributed by atoms with Crippen molar-refractivity contribution < 1.29 is 19.7 Å². The minimum Gasteiger partial charge on any atom is -0.506 e. The summed E-state index contributed by atoms with van der Waals surface area (Å²) in [5.41, 5.74) is -0.602. The first-order valence-corrected chi connectivity index (χ1v) is 7.06. The molecule has 0 aliphatic rings. The highest BCUT2D eigenvalue weighted by molar-refractivity contribution is 6.41. The van der Waals surface area contributed by atoms with Gasteiger partial charge in [-0.05, 0) is 12.5 Å². The molecule has 0 bridgehead atoms. The maximum Gasteiger partial charge on any atom is 0.204 e. The van der Waals surface area contributed by atoms with Crippen LogP contribution in [0, 0.1) is 6.92 Å². The number of aromatic hydroxyl groups is 3. The monoisotopic (exact) mass is 360 g/mol. The summed E-state index contributed by atoms with van der Waals surface area (Å²) in [6.07, 6.45) is 0. The van der Waals surface area contributed by atoms with E-state index in [1.807, 2.05) is 0 Å². The van der Waals surface area contributed by atoms with Crippen molar-refractivity contribution in [1.82, 2.24) is 0 Å². The van der Waals surface area contributed by atoms with Gasteiger partial charge >= 0.3 is 0 Å². The van der Waals surface area contributed by atoms with E-state index in [-0.39, 0.29) is 42.6 Å². The highest BCUT2D eigenvalue weighted by atomic mass is 35.5. The van der Waals surface area contributed by atoms with Gasteiger partial charge in [0.25, 0.3) is 0 Å². The van der Waals surface area contributed by atoms with Gasteiger partial charge < -0.3 is 19.7 Å². The predicted octanol–water partition coefficient (Wildman–Crippen LogP) is 4.33. The zero-order chi connectivity index (χ0) is 16.3. The lowest BCUT2D eigenvalue weighted by Crippen LogP contribution is -2.05. The number of phenolic OH excluding ortho intramolecular Hbond substituents is 3. The molecule has 0 saturated heterocycles. The summed E-state index contributed by atoms with van der Waals surface area (Å²) < 4.78 is 5.46. The summed E-state index contributed by atoms with van der Waals surface area (Å²) >= 11 is 17.6. The Kier molecular flexibility index (Phi) is 3.32. The van der Waals surface area contributed by atoms with Crippen LogP contribution in [0.4, 0.5) is 0 Å². The van der Waals surface area contributed by atoms with Crippen molar-refractivity contribution in [3.05, 3.63) is 36.9 Å². The molecule has 0 saturated carbocycles. The SMILES string of the molecule is Cc1c(Cl)c(O)c(Cl)c2oc3cc(O)c(Cl)c(O)c3c(=O)c12. The molecular formula is C14H7Cl3O5. The van der Waals surface area contributed by atoms with Gasteiger partial charge in [0.1, 0.15) is 26.8 Å². The Balaban J connectivity index is 2.72. The molecule has 3 aromatic rings. The zero-order valence-corrected chi connectivity index (χ0v) is 13.1. The van der Waals surface area contributed by atoms with E-state index in [9.17, 15) is 20.1 Å². The van der Waals surface area contributed by atoms with Crippen LogP contribution in [0.1, 0.15) is 5.56 Å². The molecule has 1 heterocycles. The van der Waals surface area contributed by atoms with Crippen LogP contribution in [0.15, 0.2) is 15.3 Å². The first-order chi connectivity index (χ1) is 10.3. The molecule has 0 aliphatic heterocycles. The first kappa shape index (κ1) is 15.1. The standard InChI is InChI=1S/C14H7Cl3O5/c1-3-6-11(19)7-5(2-4(18)9(16)12(7)20)22-14(6)10(17)13(21)8(3)15/h2,18,20-21H,1H3. The van der Waals surface area contributed by atoms with Crippen LogP contribution in [-0.4, -0.2) is 15.3 Å². The first-order valence-electron chi connectivity index (χ1n) is 5.93. The van der Waals surface area contributed by atoms with Crippen LogP contribution in [0.2, 0.25) is 15.1 Å². The molecule has 0 spiro atoms. The Morgan fingerprint density at radius 3 is 2.23 bits per heavy atom. The van der Waals surface area contributed by atoms with Crippen LogP contribution in [0.25, 0.3) is 21.9 Å². The van der Waals surface area contributed by atoms with Gasteiger partial charge in [-0.2, -0.15) is 0 Å². The zero-order valence-electron chi connectivity index (χ0n) is 10.9. The number of halogens is 3. The topological polar surface area (TPSA) is 90.9 Å². The van der Waals surface area contributed by atoms with Crippen molar-refractivity contribution in [3.63, 3.8) is 0 Å². The Labute approximate surface area is 137 Å². The molecule has 2 aromatic carbocycles. The van der Waals surface area contributed by atoms with Crippen LogP contribution in [-0.2, 0) is 0 Å². The fraction of sp³-hybridized carbons (Fsp3) is 0.0714. The van der Waals surface area contributed by atoms with E-state index in [1.54, 1.807) is 0 Å². The second kappa shape index (κ2) is 4.84. The number of aryl methyl sites for hydroxylation is 1. The Hall–Kier alpha value is -1.82. The van der Waals surface area contributed by atoms with E-state index < -0.39 is 22.7 Å². The second-order valence-electron chi connectivity index (χ2n) is 4.67. The van der Waals surface area contributed by atoms with Crippen molar-refractivity contribution in [2.75, 3.05) is 0 Å². The Morgan fingerprint density at radius 1 is 0.955 bits per heavy atom. The van der Waals surface area contributed by atoms with Crippen LogP contribution >= 0.6 is 34.8 Å². The van der Waals surface area contributed by atoms with Gasteiger partial charge in [-0.25, -0.2) is 0 Å². The maximum absolute atomic E-state index is 12.6. The smallest absolute Gasteiger partial charge is 0.204 e. The molecule has 22 heavy (non-hydrogen) atoms. The lowest BCUT2D eigenvalue weighted by atomic mass is 10.1. The third-order valence-corrected chi connectivity index (χ3v) is 4.58. The number of rotatable bonds is 0. The lowest BCUT2D eigenvalue weighted by Gasteiger charge is -2.11. The van der Waals surface area contributed by atoms with Crippen molar-refractivity contribution in [2.45, 2.75) is 6.92 Å². The van der Waals surface area contributed by atoms with E-state index in [0.29, 0.717) is 0 Å². The molecule has 0 unspecified atom stereocenters. The van der Waals surface area contributed by atoms with Gasteiger partial charge in [-0.3, -0.25) is 4.79 Å². The summed E-state index contributed by atoms with van der Waals surface area (Å²) in [5.74, 6) is -1.48. The largest absolute Gasteiger partial charge is 0.506 e. The summed E-state index contributed by atoms with van der Waals surface area (Å²) in [6.45, 7) is 1.50. The summed E-state index contributed by atoms with van der Waals surface area (Å²) in [6, 6.07) is 1.08. The van der Waals surface area contributed by atoms with Gasteiger partial charge in [0.15, 0.2) is 17.1 Å². The molecule has 0 aliphatic carbocycles. The predicted molar refractivity (Wildman–Crippen MR) is 84.8 cm³/mol. The van der Waals surface area contributed by atoms with Crippen molar-refractivity contribution in [2.24, 2.45) is 0 Å². The van der Waals surface area contributed by atoms with Gasteiger partial charge in [-0.15, -0.1) is 0 Å². The molecule has 5 nitrogen and oxygen atoms in total. The lowest BCUT2D eigenvalue weighted by molar-refractivity contribution is 0.453. The third-order valence-electron chi connectivity index (χ3n) is 3.40. The fourth-order valence-electron chi connectivity index (χ4n) is 2.28. The Morgan fingerprint density at radius 2 is 1.59 bits per heavy atom. The number of benzene rings is 2.